The molecule has 1 N–H and O–H groups in total. The van der Waals surface area contributed by atoms with E-state index in [2.05, 4.69) is 21.2 Å². The maximum Gasteiger partial charge on any atom is 0.242 e. The fraction of sp³-hybridized carbons (Fsp3) is 0.462. The molecule has 0 bridgehead atoms. The summed E-state index contributed by atoms with van der Waals surface area (Å²) in [4.78, 5) is 27.6. The Morgan fingerprint density at radius 2 is 1.69 bits per heavy atom. The molecule has 10 heteroatoms. The summed E-state index contributed by atoms with van der Waals surface area (Å²) >= 11 is 3.41. The molecule has 198 valence electrons. The molecule has 0 aliphatic rings. The van der Waals surface area contributed by atoms with Gasteiger partial charge in [0, 0.05) is 30.0 Å². The third-order valence-electron chi connectivity index (χ3n) is 5.45. The summed E-state index contributed by atoms with van der Waals surface area (Å²) in [6, 6.07) is 13.8. The summed E-state index contributed by atoms with van der Waals surface area (Å²) in [5, 5.41) is 2.86. The smallest absolute Gasteiger partial charge is 0.242 e. The Kier molecular flexibility index (Phi) is 11.2. The van der Waals surface area contributed by atoms with Crippen LogP contribution in [0.2, 0.25) is 0 Å². The van der Waals surface area contributed by atoms with Gasteiger partial charge in [-0.05, 0) is 63.9 Å². The molecule has 1 atom stereocenters. The first-order valence-corrected chi connectivity index (χ1v) is 14.6. The highest BCUT2D eigenvalue weighted by molar-refractivity contribution is 9.10. The number of carbonyl (C=O) groups is 2. The van der Waals surface area contributed by atoms with Gasteiger partial charge in [-0.25, -0.2) is 8.42 Å². The lowest BCUT2D eigenvalue weighted by Crippen LogP contribution is -2.49. The van der Waals surface area contributed by atoms with Gasteiger partial charge in [0.15, 0.2) is 0 Å². The van der Waals surface area contributed by atoms with Gasteiger partial charge >= 0.3 is 0 Å². The van der Waals surface area contributed by atoms with Crippen molar-refractivity contribution in [2.75, 3.05) is 23.7 Å². The Morgan fingerprint density at radius 1 is 1.06 bits per heavy atom. The number of para-hydroxylation sites is 2. The van der Waals surface area contributed by atoms with Crippen molar-refractivity contribution in [2.45, 2.75) is 59.2 Å². The molecule has 0 saturated carbocycles. The van der Waals surface area contributed by atoms with Crippen molar-refractivity contribution < 1.29 is 22.7 Å². The van der Waals surface area contributed by atoms with Crippen LogP contribution in [-0.4, -0.2) is 56.6 Å². The largest absolute Gasteiger partial charge is 0.492 e. The molecule has 8 nitrogen and oxygen atoms in total. The molecule has 2 aromatic carbocycles. The average molecular weight is 583 g/mol. The van der Waals surface area contributed by atoms with Crippen molar-refractivity contribution in [3.63, 3.8) is 0 Å². The minimum atomic E-state index is -3.61. The van der Waals surface area contributed by atoms with Gasteiger partial charge in [0.25, 0.3) is 0 Å². The van der Waals surface area contributed by atoms with Crippen LogP contribution in [0.4, 0.5) is 5.69 Å². The minimum absolute atomic E-state index is 0.0571. The topological polar surface area (TPSA) is 96.0 Å². The maximum atomic E-state index is 13.3. The molecule has 2 rings (SSSR count). The quantitative estimate of drug-likeness (QED) is 0.379. The van der Waals surface area contributed by atoms with Gasteiger partial charge in [0.1, 0.15) is 11.8 Å². The number of nitrogens with zero attached hydrogens (tertiary/aromatic N) is 2. The van der Waals surface area contributed by atoms with Crippen LogP contribution < -0.4 is 14.4 Å². The number of halogens is 1. The zero-order valence-electron chi connectivity index (χ0n) is 21.5. The predicted molar refractivity (Wildman–Crippen MR) is 146 cm³/mol. The number of ether oxygens (including phenoxy) is 1. The average Bonchev–Trinajstić information content (AvgIpc) is 2.80. The number of carbonyl (C=O) groups excluding carboxylic acids is 2. The highest BCUT2D eigenvalue weighted by Gasteiger charge is 2.27. The standard InChI is InChI=1S/C26H36BrN3O5S/c1-6-35-24-11-8-7-10-23(24)30(36(5,33)34)17-9-12-25(31)29(20(4)26(32)28-19(2)3)18-21-13-15-22(27)16-14-21/h7-8,10-11,13-16,19-20H,6,9,12,17-18H2,1-5H3,(H,28,32)/t20-/m1/s1. The summed E-state index contributed by atoms with van der Waals surface area (Å²) in [5.41, 5.74) is 1.32. The molecule has 0 heterocycles. The van der Waals surface area contributed by atoms with Crippen LogP contribution in [0.1, 0.15) is 46.1 Å². The van der Waals surface area contributed by atoms with E-state index in [0.717, 1.165) is 16.3 Å². The van der Waals surface area contributed by atoms with Crippen LogP contribution in [0.15, 0.2) is 53.0 Å². The van der Waals surface area contributed by atoms with Gasteiger partial charge in [0.2, 0.25) is 21.8 Å². The van der Waals surface area contributed by atoms with Crippen LogP contribution in [0.3, 0.4) is 0 Å². The number of amides is 2. The first-order chi connectivity index (χ1) is 16.9. The summed E-state index contributed by atoms with van der Waals surface area (Å²) in [5.74, 6) is 0.00216. The molecule has 0 saturated heterocycles. The van der Waals surface area contributed by atoms with E-state index in [1.54, 1.807) is 36.1 Å². The molecule has 0 spiro atoms. The lowest BCUT2D eigenvalue weighted by atomic mass is 10.1. The Bertz CT molecular complexity index is 1120. The van der Waals surface area contributed by atoms with Crippen LogP contribution in [0, 0.1) is 0 Å². The molecule has 0 aromatic heterocycles. The SMILES string of the molecule is CCOc1ccccc1N(CCCC(=O)N(Cc1ccc(Br)cc1)[C@H](C)C(=O)NC(C)C)S(C)(=O)=O. The van der Waals surface area contributed by atoms with Gasteiger partial charge in [-0.3, -0.25) is 13.9 Å². The molecule has 0 radical (unpaired) electrons. The molecule has 2 amide bonds. The molecular weight excluding hydrogens is 546 g/mol. The number of nitrogens with one attached hydrogen (secondary N) is 1. The Balaban J connectivity index is 2.20. The van der Waals surface area contributed by atoms with E-state index in [9.17, 15) is 18.0 Å². The second-order valence-electron chi connectivity index (χ2n) is 8.83. The summed E-state index contributed by atoms with van der Waals surface area (Å²) in [6.07, 6.45) is 1.50. The summed E-state index contributed by atoms with van der Waals surface area (Å²) < 4.78 is 33.0. The summed E-state index contributed by atoms with van der Waals surface area (Å²) in [6.45, 7) is 8.03. The van der Waals surface area contributed by atoms with E-state index < -0.39 is 16.1 Å². The first-order valence-electron chi connectivity index (χ1n) is 12.0. The van der Waals surface area contributed by atoms with Crippen molar-refractivity contribution in [1.82, 2.24) is 10.2 Å². The number of rotatable bonds is 13. The minimum Gasteiger partial charge on any atom is -0.492 e. The molecule has 2 aromatic rings. The lowest BCUT2D eigenvalue weighted by molar-refractivity contribution is -0.140. The van der Waals surface area contributed by atoms with Crippen molar-refractivity contribution >= 4 is 43.5 Å². The fourth-order valence-corrected chi connectivity index (χ4v) is 4.93. The second kappa shape index (κ2) is 13.6. The number of hydrogen-bond donors (Lipinski definition) is 1. The van der Waals surface area contributed by atoms with Crippen molar-refractivity contribution in [3.05, 3.63) is 58.6 Å². The number of benzene rings is 2. The summed E-state index contributed by atoms with van der Waals surface area (Å²) in [7, 11) is -3.61. The van der Waals surface area contributed by atoms with E-state index in [0.29, 0.717) is 18.0 Å². The van der Waals surface area contributed by atoms with Crippen LogP contribution in [-0.2, 0) is 26.2 Å². The van der Waals surface area contributed by atoms with Crippen molar-refractivity contribution in [3.8, 4) is 5.75 Å². The third kappa shape index (κ3) is 8.81. The van der Waals surface area contributed by atoms with Gasteiger partial charge in [-0.1, -0.05) is 40.2 Å². The zero-order chi connectivity index (χ0) is 26.9. The van der Waals surface area contributed by atoms with E-state index in [-0.39, 0.29) is 43.8 Å². The van der Waals surface area contributed by atoms with Crippen molar-refractivity contribution in [2.24, 2.45) is 0 Å². The molecule has 36 heavy (non-hydrogen) atoms. The van der Waals surface area contributed by atoms with Gasteiger partial charge < -0.3 is 15.0 Å². The van der Waals surface area contributed by atoms with Crippen LogP contribution >= 0.6 is 15.9 Å². The second-order valence-corrected chi connectivity index (χ2v) is 11.6. The van der Waals surface area contributed by atoms with Crippen molar-refractivity contribution in [1.29, 1.82) is 0 Å². The fourth-order valence-electron chi connectivity index (χ4n) is 3.70. The number of sulfonamides is 1. The Morgan fingerprint density at radius 3 is 2.28 bits per heavy atom. The van der Waals surface area contributed by atoms with E-state index in [1.807, 2.05) is 45.0 Å². The highest BCUT2D eigenvalue weighted by atomic mass is 79.9. The van der Waals surface area contributed by atoms with Crippen LogP contribution in [0.5, 0.6) is 5.75 Å². The van der Waals surface area contributed by atoms with Gasteiger partial charge in [0.05, 0.1) is 18.6 Å². The zero-order valence-corrected chi connectivity index (χ0v) is 23.9. The van der Waals surface area contributed by atoms with Gasteiger partial charge in [-0.2, -0.15) is 0 Å². The van der Waals surface area contributed by atoms with Gasteiger partial charge in [-0.15, -0.1) is 0 Å². The van der Waals surface area contributed by atoms with E-state index in [4.69, 9.17) is 4.74 Å². The maximum absolute atomic E-state index is 13.3. The van der Waals surface area contributed by atoms with E-state index in [1.165, 1.54) is 4.31 Å². The number of hydrogen-bond acceptors (Lipinski definition) is 5. The van der Waals surface area contributed by atoms with E-state index >= 15 is 0 Å². The molecular formula is C26H36BrN3O5S. The normalized spacial score (nSPS) is 12.2. The first kappa shape index (κ1) is 29.6. The molecule has 0 unspecified atom stereocenters. The lowest BCUT2D eigenvalue weighted by Gasteiger charge is -2.30. The molecule has 0 fully saturated rings. The highest BCUT2D eigenvalue weighted by Crippen LogP contribution is 2.30. The predicted octanol–water partition coefficient (Wildman–Crippen LogP) is 4.34. The molecule has 0 aliphatic carbocycles. The third-order valence-corrected chi connectivity index (χ3v) is 7.16. The molecule has 0 aliphatic heterocycles. The van der Waals surface area contributed by atoms with Crippen LogP contribution in [0.25, 0.3) is 0 Å². The monoisotopic (exact) mass is 581 g/mol. The Hall–Kier alpha value is -2.59. The number of anilines is 1. The Labute approximate surface area is 223 Å².